The van der Waals surface area contributed by atoms with Gasteiger partial charge in [-0.3, -0.25) is 9.69 Å². The molecule has 0 aliphatic carbocycles. The monoisotopic (exact) mass is 397 g/mol. The van der Waals surface area contributed by atoms with Crippen molar-refractivity contribution in [1.82, 2.24) is 0 Å². The molecule has 0 heterocycles. The second-order valence-electron chi connectivity index (χ2n) is 6.36. The van der Waals surface area contributed by atoms with Crippen LogP contribution in [0.4, 0.5) is 5.69 Å². The summed E-state index contributed by atoms with van der Waals surface area (Å²) in [6.07, 6.45) is 0. The van der Waals surface area contributed by atoms with Gasteiger partial charge in [0.2, 0.25) is 0 Å². The summed E-state index contributed by atoms with van der Waals surface area (Å²) in [5.41, 5.74) is 8.17. The third kappa shape index (κ3) is 4.60. The maximum absolute atomic E-state index is 12.6. The molecule has 1 atom stereocenters. The minimum atomic E-state index is -4.45. The average molecular weight is 397 g/mol. The Morgan fingerprint density at radius 1 is 0.893 bits per heavy atom. The minimum Gasteiger partial charge on any atom is -0.399 e. The fourth-order valence-electron chi connectivity index (χ4n) is 2.82. The maximum Gasteiger partial charge on any atom is 0.584 e. The van der Waals surface area contributed by atoms with E-state index in [-0.39, 0.29) is 17.3 Å². The SMILES string of the molecule is Cc1cc(C(=O)c2ccccc2)cc(C)c1OP(=O)(O)Oc1cccc(N)c1. The van der Waals surface area contributed by atoms with E-state index in [0.717, 1.165) is 0 Å². The molecular formula is C21H20NO5P. The Morgan fingerprint density at radius 3 is 2.14 bits per heavy atom. The summed E-state index contributed by atoms with van der Waals surface area (Å²) in [4.78, 5) is 22.8. The molecule has 0 aromatic heterocycles. The summed E-state index contributed by atoms with van der Waals surface area (Å²) in [7, 11) is -4.45. The molecule has 0 aliphatic heterocycles. The highest BCUT2D eigenvalue weighted by Gasteiger charge is 2.27. The number of nitrogens with two attached hydrogens (primary N) is 1. The van der Waals surface area contributed by atoms with E-state index in [2.05, 4.69) is 0 Å². The van der Waals surface area contributed by atoms with Crippen molar-refractivity contribution in [3.63, 3.8) is 0 Å². The molecule has 0 saturated carbocycles. The van der Waals surface area contributed by atoms with Crippen LogP contribution in [0.1, 0.15) is 27.0 Å². The quantitative estimate of drug-likeness (QED) is 0.356. The lowest BCUT2D eigenvalue weighted by Crippen LogP contribution is -2.06. The zero-order valence-electron chi connectivity index (χ0n) is 15.5. The summed E-state index contributed by atoms with van der Waals surface area (Å²) in [5, 5.41) is 0. The fourth-order valence-corrected chi connectivity index (χ4v) is 3.76. The predicted molar refractivity (Wildman–Crippen MR) is 108 cm³/mol. The van der Waals surface area contributed by atoms with Gasteiger partial charge in [0.25, 0.3) is 0 Å². The van der Waals surface area contributed by atoms with E-state index in [9.17, 15) is 14.3 Å². The first-order valence-electron chi connectivity index (χ1n) is 8.54. The van der Waals surface area contributed by atoms with Gasteiger partial charge in [0, 0.05) is 22.9 Å². The van der Waals surface area contributed by atoms with E-state index >= 15 is 0 Å². The van der Waals surface area contributed by atoms with Gasteiger partial charge < -0.3 is 14.8 Å². The number of carbonyl (C=O) groups excluding carboxylic acids is 1. The van der Waals surface area contributed by atoms with Crippen LogP contribution in [0.25, 0.3) is 0 Å². The van der Waals surface area contributed by atoms with Gasteiger partial charge in [0.05, 0.1) is 0 Å². The van der Waals surface area contributed by atoms with E-state index in [1.54, 1.807) is 62.4 Å². The largest absolute Gasteiger partial charge is 0.584 e. The van der Waals surface area contributed by atoms with Crippen LogP contribution in [-0.4, -0.2) is 10.7 Å². The van der Waals surface area contributed by atoms with Crippen molar-refractivity contribution in [3.8, 4) is 11.5 Å². The average Bonchev–Trinajstić information content (AvgIpc) is 2.64. The minimum absolute atomic E-state index is 0.122. The van der Waals surface area contributed by atoms with Gasteiger partial charge in [-0.25, -0.2) is 4.57 Å². The standard InChI is InChI=1S/C21H20NO5P/c1-14-11-17(20(23)16-7-4-3-5-8-16)12-15(2)21(14)27-28(24,25)26-19-10-6-9-18(22)13-19/h3-13H,22H2,1-2H3,(H,24,25). The van der Waals surface area contributed by atoms with E-state index in [4.69, 9.17) is 14.8 Å². The fraction of sp³-hybridized carbons (Fsp3) is 0.0952. The number of hydrogen-bond acceptors (Lipinski definition) is 5. The van der Waals surface area contributed by atoms with Crippen LogP contribution in [0.3, 0.4) is 0 Å². The Hall–Kier alpha value is -3.08. The van der Waals surface area contributed by atoms with Crippen molar-refractivity contribution in [2.75, 3.05) is 5.73 Å². The van der Waals surface area contributed by atoms with Crippen LogP contribution >= 0.6 is 7.82 Å². The number of nitrogen functional groups attached to an aromatic ring is 1. The molecular weight excluding hydrogens is 377 g/mol. The zero-order valence-corrected chi connectivity index (χ0v) is 16.4. The highest BCUT2D eigenvalue weighted by molar-refractivity contribution is 7.48. The lowest BCUT2D eigenvalue weighted by atomic mass is 9.99. The number of benzene rings is 3. The Labute approximate surface area is 163 Å². The van der Waals surface area contributed by atoms with E-state index < -0.39 is 7.82 Å². The van der Waals surface area contributed by atoms with E-state index in [1.807, 2.05) is 6.07 Å². The molecule has 3 aromatic carbocycles. The molecule has 6 nitrogen and oxygen atoms in total. The summed E-state index contributed by atoms with van der Waals surface area (Å²) >= 11 is 0. The molecule has 1 unspecified atom stereocenters. The van der Waals surface area contributed by atoms with Crippen molar-refractivity contribution in [2.45, 2.75) is 13.8 Å². The molecule has 0 aliphatic rings. The molecule has 7 heteroatoms. The van der Waals surface area contributed by atoms with Crippen molar-refractivity contribution in [1.29, 1.82) is 0 Å². The van der Waals surface area contributed by atoms with Gasteiger partial charge in [-0.2, -0.15) is 0 Å². The number of phosphoric acid groups is 1. The number of anilines is 1. The summed E-state index contributed by atoms with van der Waals surface area (Å²) in [6, 6.07) is 18.3. The number of rotatable bonds is 6. The van der Waals surface area contributed by atoms with Crippen LogP contribution in [-0.2, 0) is 4.57 Å². The highest BCUT2D eigenvalue weighted by Crippen LogP contribution is 2.46. The summed E-state index contributed by atoms with van der Waals surface area (Å²) in [6.45, 7) is 3.40. The van der Waals surface area contributed by atoms with Crippen LogP contribution in [0, 0.1) is 13.8 Å². The molecule has 0 saturated heterocycles. The lowest BCUT2D eigenvalue weighted by molar-refractivity contribution is 0.103. The molecule has 28 heavy (non-hydrogen) atoms. The first-order valence-corrected chi connectivity index (χ1v) is 10.0. The second kappa shape index (κ2) is 7.89. The lowest BCUT2D eigenvalue weighted by Gasteiger charge is -2.18. The number of aryl methyl sites for hydroxylation is 2. The van der Waals surface area contributed by atoms with E-state index in [1.165, 1.54) is 12.1 Å². The van der Waals surface area contributed by atoms with Crippen LogP contribution in [0.2, 0.25) is 0 Å². The van der Waals surface area contributed by atoms with Gasteiger partial charge in [0.1, 0.15) is 11.5 Å². The Balaban J connectivity index is 1.85. The van der Waals surface area contributed by atoms with Gasteiger partial charge >= 0.3 is 7.82 Å². The molecule has 0 radical (unpaired) electrons. The van der Waals surface area contributed by atoms with E-state index in [0.29, 0.717) is 27.9 Å². The second-order valence-corrected chi connectivity index (χ2v) is 7.66. The number of hydrogen-bond donors (Lipinski definition) is 2. The maximum atomic E-state index is 12.6. The molecule has 3 aromatic rings. The summed E-state index contributed by atoms with van der Waals surface area (Å²) in [5.74, 6) is 0.179. The van der Waals surface area contributed by atoms with Crippen molar-refractivity contribution in [2.24, 2.45) is 0 Å². The Kier molecular flexibility index (Phi) is 5.54. The molecule has 144 valence electrons. The van der Waals surface area contributed by atoms with Crippen molar-refractivity contribution in [3.05, 3.63) is 89.0 Å². The van der Waals surface area contributed by atoms with Crippen LogP contribution in [0.5, 0.6) is 11.5 Å². The van der Waals surface area contributed by atoms with Crippen LogP contribution < -0.4 is 14.8 Å². The molecule has 3 rings (SSSR count). The predicted octanol–water partition coefficient (Wildman–Crippen LogP) is 4.67. The highest BCUT2D eigenvalue weighted by atomic mass is 31.2. The van der Waals surface area contributed by atoms with Crippen LogP contribution in [0.15, 0.2) is 66.7 Å². The number of phosphoric ester groups is 1. The molecule has 3 N–H and O–H groups in total. The Morgan fingerprint density at radius 2 is 1.54 bits per heavy atom. The number of carbonyl (C=O) groups is 1. The van der Waals surface area contributed by atoms with Gasteiger partial charge in [-0.1, -0.05) is 36.4 Å². The van der Waals surface area contributed by atoms with Gasteiger partial charge in [0.15, 0.2) is 5.78 Å². The first-order chi connectivity index (χ1) is 13.2. The van der Waals surface area contributed by atoms with Gasteiger partial charge in [-0.05, 0) is 49.2 Å². The first kappa shape index (κ1) is 19.7. The van der Waals surface area contributed by atoms with Crippen molar-refractivity contribution < 1.29 is 23.3 Å². The molecule has 0 spiro atoms. The molecule has 0 fully saturated rings. The van der Waals surface area contributed by atoms with Crippen molar-refractivity contribution >= 4 is 19.3 Å². The third-order valence-corrected chi connectivity index (χ3v) is 4.90. The smallest absolute Gasteiger partial charge is 0.399 e. The number of ketones is 1. The third-order valence-electron chi connectivity index (χ3n) is 4.04. The Bertz CT molecular complexity index is 1040. The zero-order chi connectivity index (χ0) is 20.3. The normalized spacial score (nSPS) is 12.8. The van der Waals surface area contributed by atoms with Gasteiger partial charge in [-0.15, -0.1) is 0 Å². The topological polar surface area (TPSA) is 98.9 Å². The molecule has 0 amide bonds. The molecule has 0 bridgehead atoms. The summed E-state index contributed by atoms with van der Waals surface area (Å²) < 4.78 is 22.8.